The molecule has 7 nitrogen and oxygen atoms in total. The number of carbonyl (C=O) groups excluding carboxylic acids is 2. The number of rotatable bonds is 6. The summed E-state index contributed by atoms with van der Waals surface area (Å²) in [5.41, 5.74) is 0.295. The molecular weight excluding hydrogens is 343 g/mol. The average molecular weight is 359 g/mol. The van der Waals surface area contributed by atoms with Gasteiger partial charge in [-0.05, 0) is 18.2 Å². The summed E-state index contributed by atoms with van der Waals surface area (Å²) in [4.78, 5) is 36.6. The molecule has 1 fully saturated rings. The molecule has 2 unspecified atom stereocenters. The maximum atomic E-state index is 13.5. The van der Waals surface area contributed by atoms with E-state index >= 15 is 0 Å². The van der Waals surface area contributed by atoms with Gasteiger partial charge in [-0.1, -0.05) is 11.6 Å². The summed E-state index contributed by atoms with van der Waals surface area (Å²) in [7, 11) is 1.32. The Hall–Kier alpha value is -2.19. The van der Waals surface area contributed by atoms with Crippen LogP contribution < -0.4 is 10.2 Å². The van der Waals surface area contributed by atoms with E-state index in [-0.39, 0.29) is 30.5 Å². The Morgan fingerprint density at radius 2 is 2.25 bits per heavy atom. The fourth-order valence-corrected chi connectivity index (χ4v) is 2.53. The zero-order valence-electron chi connectivity index (χ0n) is 12.8. The van der Waals surface area contributed by atoms with Crippen molar-refractivity contribution in [2.75, 3.05) is 25.2 Å². The van der Waals surface area contributed by atoms with Crippen LogP contribution in [0.5, 0.6) is 0 Å². The highest BCUT2D eigenvalue weighted by molar-refractivity contribution is 6.30. The molecule has 1 saturated heterocycles. The number of ether oxygens (including phenoxy) is 1. The molecule has 1 heterocycles. The highest BCUT2D eigenvalue weighted by Crippen LogP contribution is 2.28. The quantitative estimate of drug-likeness (QED) is 0.792. The normalized spacial score (nSPS) is 18.5. The third-order valence-electron chi connectivity index (χ3n) is 3.66. The van der Waals surface area contributed by atoms with Gasteiger partial charge < -0.3 is 20.1 Å². The average Bonchev–Trinajstić information content (AvgIpc) is 2.91. The largest absolute Gasteiger partial charge is 0.480 e. The lowest BCUT2D eigenvalue weighted by Gasteiger charge is -2.18. The van der Waals surface area contributed by atoms with Gasteiger partial charge in [-0.25, -0.2) is 9.18 Å². The number of anilines is 1. The number of benzene rings is 1. The lowest BCUT2D eigenvalue weighted by molar-refractivity contribution is -0.143. The number of hydrogen-bond donors (Lipinski definition) is 2. The molecule has 2 N–H and O–H groups in total. The van der Waals surface area contributed by atoms with Gasteiger partial charge in [0.05, 0.1) is 17.5 Å². The Morgan fingerprint density at radius 1 is 1.54 bits per heavy atom. The molecule has 1 aliphatic heterocycles. The van der Waals surface area contributed by atoms with Gasteiger partial charge in [-0.2, -0.15) is 0 Å². The number of hydrogen-bond acceptors (Lipinski definition) is 4. The number of halogens is 2. The zero-order chi connectivity index (χ0) is 17.9. The molecular formula is C15H16ClFN2O5. The lowest BCUT2D eigenvalue weighted by Crippen LogP contribution is -2.46. The predicted octanol–water partition coefficient (Wildman–Crippen LogP) is 1.05. The summed E-state index contributed by atoms with van der Waals surface area (Å²) in [5.74, 6) is -3.54. The maximum absolute atomic E-state index is 13.5. The Labute approximate surface area is 142 Å². The third kappa shape index (κ3) is 4.01. The molecule has 2 atom stereocenters. The first-order chi connectivity index (χ1) is 11.3. The van der Waals surface area contributed by atoms with Crippen molar-refractivity contribution in [1.29, 1.82) is 0 Å². The van der Waals surface area contributed by atoms with Crippen molar-refractivity contribution in [2.45, 2.75) is 12.5 Å². The highest BCUT2D eigenvalue weighted by Gasteiger charge is 2.36. The van der Waals surface area contributed by atoms with Crippen molar-refractivity contribution in [3.8, 4) is 0 Å². The van der Waals surface area contributed by atoms with E-state index in [1.807, 2.05) is 0 Å². The first-order valence-electron chi connectivity index (χ1n) is 7.11. The first kappa shape index (κ1) is 18.2. The molecule has 0 aromatic heterocycles. The minimum Gasteiger partial charge on any atom is -0.480 e. The minimum atomic E-state index is -1.23. The number of carbonyl (C=O) groups is 3. The molecule has 0 radical (unpaired) electrons. The summed E-state index contributed by atoms with van der Waals surface area (Å²) < 4.78 is 18.3. The number of carboxylic acid groups (broad SMARTS) is 1. The lowest BCUT2D eigenvalue weighted by atomic mass is 10.1. The predicted molar refractivity (Wildman–Crippen MR) is 83.3 cm³/mol. The summed E-state index contributed by atoms with van der Waals surface area (Å²) >= 11 is 5.61. The van der Waals surface area contributed by atoms with Gasteiger partial charge in [0.25, 0.3) is 0 Å². The molecule has 0 saturated carbocycles. The van der Waals surface area contributed by atoms with E-state index in [4.69, 9.17) is 21.4 Å². The summed E-state index contributed by atoms with van der Waals surface area (Å²) in [5, 5.41) is 11.3. The van der Waals surface area contributed by atoms with Crippen LogP contribution >= 0.6 is 11.6 Å². The van der Waals surface area contributed by atoms with Gasteiger partial charge in [0.2, 0.25) is 11.8 Å². The van der Waals surface area contributed by atoms with Crippen LogP contribution in [0.2, 0.25) is 5.02 Å². The van der Waals surface area contributed by atoms with Gasteiger partial charge in [0.15, 0.2) is 6.04 Å². The molecule has 1 aromatic rings. The number of amides is 2. The molecule has 1 aliphatic rings. The Morgan fingerprint density at radius 3 is 2.83 bits per heavy atom. The Kier molecular flexibility index (Phi) is 5.74. The topological polar surface area (TPSA) is 95.9 Å². The Bertz CT molecular complexity index is 669. The van der Waals surface area contributed by atoms with Crippen LogP contribution in [0.15, 0.2) is 18.2 Å². The van der Waals surface area contributed by atoms with Crippen molar-refractivity contribution in [2.24, 2.45) is 5.92 Å². The second-order valence-electron chi connectivity index (χ2n) is 5.36. The van der Waals surface area contributed by atoms with Gasteiger partial charge >= 0.3 is 5.97 Å². The van der Waals surface area contributed by atoms with Crippen molar-refractivity contribution in [3.05, 3.63) is 29.0 Å². The van der Waals surface area contributed by atoms with E-state index in [2.05, 4.69) is 5.32 Å². The molecule has 0 aliphatic carbocycles. The smallest absolute Gasteiger partial charge is 0.328 e. The van der Waals surface area contributed by atoms with Gasteiger partial charge in [-0.3, -0.25) is 9.59 Å². The van der Waals surface area contributed by atoms with Crippen molar-refractivity contribution >= 4 is 35.1 Å². The van der Waals surface area contributed by atoms with Crippen LogP contribution in [0.25, 0.3) is 0 Å². The van der Waals surface area contributed by atoms with Gasteiger partial charge in [0, 0.05) is 25.8 Å². The molecule has 0 spiro atoms. The van der Waals surface area contributed by atoms with E-state index < -0.39 is 29.7 Å². The molecule has 9 heteroatoms. The SMILES string of the molecule is COCC(NC(=O)C1CC(=O)N(c2ccc(Cl)c(F)c2)C1)C(=O)O. The fourth-order valence-electron chi connectivity index (χ4n) is 2.42. The van der Waals surface area contributed by atoms with Crippen molar-refractivity contribution in [1.82, 2.24) is 5.32 Å². The van der Waals surface area contributed by atoms with E-state index in [0.717, 1.165) is 6.07 Å². The standard InChI is InChI=1S/C15H16ClFN2O5/c1-24-7-12(15(22)23)18-14(21)8-4-13(20)19(6-8)9-2-3-10(16)11(17)5-9/h2-3,5,8,12H,4,6-7H2,1H3,(H,18,21)(H,22,23). The first-order valence-corrected chi connectivity index (χ1v) is 7.48. The van der Waals surface area contributed by atoms with Crippen LogP contribution in [0.3, 0.4) is 0 Å². The zero-order valence-corrected chi connectivity index (χ0v) is 13.5. The second-order valence-corrected chi connectivity index (χ2v) is 5.77. The number of nitrogens with one attached hydrogen (secondary N) is 1. The molecule has 2 amide bonds. The third-order valence-corrected chi connectivity index (χ3v) is 3.97. The number of carboxylic acids is 1. The molecule has 2 rings (SSSR count). The number of methoxy groups -OCH3 is 1. The monoisotopic (exact) mass is 358 g/mol. The molecule has 0 bridgehead atoms. The van der Waals surface area contributed by atoms with Crippen LogP contribution in [-0.4, -0.2) is 49.2 Å². The number of nitrogens with zero attached hydrogens (tertiary/aromatic N) is 1. The van der Waals surface area contributed by atoms with Gasteiger partial charge in [-0.15, -0.1) is 0 Å². The Balaban J connectivity index is 2.06. The molecule has 130 valence electrons. The fraction of sp³-hybridized carbons (Fsp3) is 0.400. The van der Waals surface area contributed by atoms with E-state index in [1.54, 1.807) is 0 Å². The second kappa shape index (κ2) is 7.59. The molecule has 1 aromatic carbocycles. The van der Waals surface area contributed by atoms with E-state index in [1.165, 1.54) is 24.1 Å². The highest BCUT2D eigenvalue weighted by atomic mass is 35.5. The van der Waals surface area contributed by atoms with Crippen molar-refractivity contribution in [3.63, 3.8) is 0 Å². The summed E-state index contributed by atoms with van der Waals surface area (Å²) in [6.45, 7) is -0.154. The molecule has 24 heavy (non-hydrogen) atoms. The summed E-state index contributed by atoms with van der Waals surface area (Å²) in [6, 6.07) is 2.73. The van der Waals surface area contributed by atoms with Crippen LogP contribution in [0.1, 0.15) is 6.42 Å². The van der Waals surface area contributed by atoms with Crippen LogP contribution in [0, 0.1) is 11.7 Å². The van der Waals surface area contributed by atoms with E-state index in [0.29, 0.717) is 5.69 Å². The summed E-state index contributed by atoms with van der Waals surface area (Å²) in [6.07, 6.45) is -0.0879. The van der Waals surface area contributed by atoms with E-state index in [9.17, 15) is 18.8 Å². The minimum absolute atomic E-state index is 0.0328. The van der Waals surface area contributed by atoms with Gasteiger partial charge in [0.1, 0.15) is 5.82 Å². The van der Waals surface area contributed by atoms with Crippen LogP contribution in [0.4, 0.5) is 10.1 Å². The maximum Gasteiger partial charge on any atom is 0.328 e. The van der Waals surface area contributed by atoms with Crippen LogP contribution in [-0.2, 0) is 19.1 Å². The van der Waals surface area contributed by atoms with Crippen molar-refractivity contribution < 1.29 is 28.6 Å². The number of aliphatic carboxylic acids is 1.